The van der Waals surface area contributed by atoms with Crippen molar-refractivity contribution in [2.24, 2.45) is 0 Å². The fourth-order valence-electron chi connectivity index (χ4n) is 3.62. The number of nitrogens with zero attached hydrogens (tertiary/aromatic N) is 4. The van der Waals surface area contributed by atoms with Gasteiger partial charge in [0.05, 0.1) is 16.2 Å². The van der Waals surface area contributed by atoms with E-state index in [1.54, 1.807) is 11.3 Å². The van der Waals surface area contributed by atoms with Crippen molar-refractivity contribution in [3.63, 3.8) is 0 Å². The van der Waals surface area contributed by atoms with Crippen LogP contribution in [0.15, 0.2) is 35.8 Å². The van der Waals surface area contributed by atoms with Crippen LogP contribution in [0.2, 0.25) is 5.02 Å². The van der Waals surface area contributed by atoms with E-state index in [-0.39, 0.29) is 0 Å². The summed E-state index contributed by atoms with van der Waals surface area (Å²) in [7, 11) is 0. The highest BCUT2D eigenvalue weighted by molar-refractivity contribution is 7.09. The smallest absolute Gasteiger partial charge is 0.0897 e. The third-order valence-corrected chi connectivity index (χ3v) is 6.08. The molecule has 26 heavy (non-hydrogen) atoms. The lowest BCUT2D eigenvalue weighted by atomic mass is 10.1. The fraction of sp³-hybridized carbons (Fsp3) is 0.400. The number of benzene rings is 1. The van der Waals surface area contributed by atoms with Gasteiger partial charge < -0.3 is 0 Å². The number of rotatable bonds is 4. The topological polar surface area (TPSA) is 32.3 Å². The van der Waals surface area contributed by atoms with Gasteiger partial charge in [-0.05, 0) is 50.2 Å². The number of aromatic nitrogens is 2. The first-order chi connectivity index (χ1) is 12.7. The minimum atomic E-state index is 0.775. The Hall–Kier alpha value is -1.53. The second kappa shape index (κ2) is 8.01. The van der Waals surface area contributed by atoms with Gasteiger partial charge in [0.15, 0.2) is 0 Å². The van der Waals surface area contributed by atoms with E-state index >= 15 is 0 Å². The Kier molecular flexibility index (Phi) is 5.50. The summed E-state index contributed by atoms with van der Waals surface area (Å²) in [6.07, 6.45) is 3.03. The molecule has 1 aromatic carbocycles. The molecule has 4 nitrogen and oxygen atoms in total. The first-order valence-electron chi connectivity index (χ1n) is 9.07. The van der Waals surface area contributed by atoms with Crippen LogP contribution in [-0.2, 0) is 13.1 Å². The van der Waals surface area contributed by atoms with Crippen LogP contribution in [-0.4, -0.2) is 45.9 Å². The largest absolute Gasteiger partial charge is 0.298 e. The summed E-state index contributed by atoms with van der Waals surface area (Å²) < 4.78 is 0. The Balaban J connectivity index is 1.43. The maximum atomic E-state index is 6.33. The van der Waals surface area contributed by atoms with E-state index in [1.165, 1.54) is 17.7 Å². The molecule has 4 rings (SSSR count). The fourth-order valence-corrected chi connectivity index (χ4v) is 4.43. The van der Waals surface area contributed by atoms with E-state index < -0.39 is 0 Å². The minimum Gasteiger partial charge on any atom is -0.298 e. The van der Waals surface area contributed by atoms with Crippen LogP contribution in [0.4, 0.5) is 0 Å². The van der Waals surface area contributed by atoms with Crippen molar-refractivity contribution >= 4 is 33.8 Å². The van der Waals surface area contributed by atoms with Gasteiger partial charge in [-0.3, -0.25) is 14.8 Å². The summed E-state index contributed by atoms with van der Waals surface area (Å²) >= 11 is 8.07. The number of thiazole rings is 1. The third kappa shape index (κ3) is 4.07. The summed E-state index contributed by atoms with van der Waals surface area (Å²) in [4.78, 5) is 14.2. The van der Waals surface area contributed by atoms with E-state index in [1.807, 2.05) is 24.4 Å². The molecule has 0 unspecified atom stereocenters. The highest BCUT2D eigenvalue weighted by atomic mass is 35.5. The SMILES string of the molecule is Cc1nc(CN2CCCN(Cc3ccc(Cl)c4cccnc34)CC2)cs1. The number of hydrogen-bond donors (Lipinski definition) is 0. The van der Waals surface area contributed by atoms with Crippen molar-refractivity contribution in [1.29, 1.82) is 0 Å². The molecule has 136 valence electrons. The molecule has 1 aliphatic heterocycles. The standard InChI is InChI=1S/C20H23ClN4S/c1-15-23-17(14-26-15)13-25-9-3-8-24(10-11-25)12-16-5-6-19(21)18-4-2-7-22-20(16)18/h2,4-7,14H,3,8-13H2,1H3. The lowest BCUT2D eigenvalue weighted by molar-refractivity contribution is 0.246. The summed E-state index contributed by atoms with van der Waals surface area (Å²) in [5, 5.41) is 5.15. The molecule has 1 fully saturated rings. The molecule has 1 saturated heterocycles. The quantitative estimate of drug-likeness (QED) is 0.666. The van der Waals surface area contributed by atoms with E-state index in [2.05, 4.69) is 38.1 Å². The van der Waals surface area contributed by atoms with Crippen LogP contribution in [0.5, 0.6) is 0 Å². The molecule has 0 aliphatic carbocycles. The molecular weight excluding hydrogens is 364 g/mol. The van der Waals surface area contributed by atoms with Crippen molar-refractivity contribution in [2.75, 3.05) is 26.2 Å². The Morgan fingerprint density at radius 3 is 2.65 bits per heavy atom. The third-order valence-electron chi connectivity index (χ3n) is 4.93. The summed E-state index contributed by atoms with van der Waals surface area (Å²) in [5.41, 5.74) is 3.49. The van der Waals surface area contributed by atoms with Crippen LogP contribution in [0.1, 0.15) is 22.7 Å². The molecule has 2 aromatic heterocycles. The van der Waals surface area contributed by atoms with Gasteiger partial charge in [-0.15, -0.1) is 11.3 Å². The number of aryl methyl sites for hydroxylation is 1. The van der Waals surface area contributed by atoms with E-state index in [0.717, 1.165) is 60.2 Å². The van der Waals surface area contributed by atoms with Crippen molar-refractivity contribution in [1.82, 2.24) is 19.8 Å². The van der Waals surface area contributed by atoms with Gasteiger partial charge in [0.1, 0.15) is 0 Å². The predicted octanol–water partition coefficient (Wildman–Crippen LogP) is 4.36. The number of halogens is 1. The van der Waals surface area contributed by atoms with Crippen LogP contribution >= 0.6 is 22.9 Å². The van der Waals surface area contributed by atoms with Gasteiger partial charge in [0.2, 0.25) is 0 Å². The number of pyridine rings is 1. The van der Waals surface area contributed by atoms with Crippen LogP contribution in [0, 0.1) is 6.92 Å². The Morgan fingerprint density at radius 1 is 1.08 bits per heavy atom. The number of fused-ring (bicyclic) bond motifs is 1. The van der Waals surface area contributed by atoms with Crippen molar-refractivity contribution in [2.45, 2.75) is 26.4 Å². The monoisotopic (exact) mass is 386 g/mol. The molecule has 0 saturated carbocycles. The van der Waals surface area contributed by atoms with Gasteiger partial charge in [-0.2, -0.15) is 0 Å². The first kappa shape index (κ1) is 17.9. The number of hydrogen-bond acceptors (Lipinski definition) is 5. The van der Waals surface area contributed by atoms with Gasteiger partial charge in [-0.25, -0.2) is 4.98 Å². The molecule has 3 heterocycles. The summed E-state index contributed by atoms with van der Waals surface area (Å²) in [6.45, 7) is 8.35. The van der Waals surface area contributed by atoms with Crippen LogP contribution in [0.3, 0.4) is 0 Å². The van der Waals surface area contributed by atoms with Gasteiger partial charge in [0, 0.05) is 48.2 Å². The van der Waals surface area contributed by atoms with Crippen LogP contribution < -0.4 is 0 Å². The molecule has 0 atom stereocenters. The van der Waals surface area contributed by atoms with E-state index in [0.29, 0.717) is 0 Å². The molecule has 3 aromatic rings. The Morgan fingerprint density at radius 2 is 1.88 bits per heavy atom. The summed E-state index contributed by atoms with van der Waals surface area (Å²) in [5.74, 6) is 0. The van der Waals surface area contributed by atoms with Crippen molar-refractivity contribution in [3.8, 4) is 0 Å². The average Bonchev–Trinajstić information content (AvgIpc) is 2.93. The normalized spacial score (nSPS) is 16.8. The molecule has 0 spiro atoms. The van der Waals surface area contributed by atoms with E-state index in [9.17, 15) is 0 Å². The second-order valence-electron chi connectivity index (χ2n) is 6.87. The Labute approximate surface area is 163 Å². The first-order valence-corrected chi connectivity index (χ1v) is 10.3. The highest BCUT2D eigenvalue weighted by Crippen LogP contribution is 2.26. The van der Waals surface area contributed by atoms with E-state index in [4.69, 9.17) is 11.6 Å². The zero-order chi connectivity index (χ0) is 17.9. The van der Waals surface area contributed by atoms with Crippen molar-refractivity contribution in [3.05, 3.63) is 57.1 Å². The average molecular weight is 387 g/mol. The second-order valence-corrected chi connectivity index (χ2v) is 8.34. The molecule has 1 aliphatic rings. The lowest BCUT2D eigenvalue weighted by Gasteiger charge is -2.22. The van der Waals surface area contributed by atoms with Gasteiger partial charge in [-0.1, -0.05) is 17.7 Å². The molecule has 6 heteroatoms. The Bertz CT molecular complexity index is 894. The summed E-state index contributed by atoms with van der Waals surface area (Å²) in [6, 6.07) is 8.12. The van der Waals surface area contributed by atoms with Crippen molar-refractivity contribution < 1.29 is 0 Å². The molecule has 0 N–H and O–H groups in total. The maximum absolute atomic E-state index is 6.33. The molecule has 0 radical (unpaired) electrons. The molecule has 0 bridgehead atoms. The van der Waals surface area contributed by atoms with Gasteiger partial charge >= 0.3 is 0 Å². The zero-order valence-electron chi connectivity index (χ0n) is 15.0. The minimum absolute atomic E-state index is 0.775. The van der Waals surface area contributed by atoms with Crippen LogP contribution in [0.25, 0.3) is 10.9 Å². The molecule has 0 amide bonds. The molecular formula is C20H23ClN4S. The highest BCUT2D eigenvalue weighted by Gasteiger charge is 2.17. The van der Waals surface area contributed by atoms with Gasteiger partial charge in [0.25, 0.3) is 0 Å². The lowest BCUT2D eigenvalue weighted by Crippen LogP contribution is -2.30. The maximum Gasteiger partial charge on any atom is 0.0897 e. The zero-order valence-corrected chi connectivity index (χ0v) is 16.6. The predicted molar refractivity (Wildman–Crippen MR) is 109 cm³/mol.